The van der Waals surface area contributed by atoms with Crippen LogP contribution in [0.4, 0.5) is 5.82 Å². The molecule has 3 unspecified atom stereocenters. The normalized spacial score (nSPS) is 28.9. The summed E-state index contributed by atoms with van der Waals surface area (Å²) in [6.07, 6.45) is 4.89. The second-order valence-corrected chi connectivity index (χ2v) is 6.32. The Labute approximate surface area is 119 Å². The van der Waals surface area contributed by atoms with E-state index in [-0.39, 0.29) is 23.3 Å². The molecule has 1 aromatic rings. The first-order valence-electron chi connectivity index (χ1n) is 7.11. The zero-order chi connectivity index (χ0) is 14.9. The molecule has 0 aromatic carbocycles. The summed E-state index contributed by atoms with van der Waals surface area (Å²) in [7, 11) is 0. The predicted octanol–water partition coefficient (Wildman–Crippen LogP) is 2.72. The largest absolute Gasteiger partial charge is 0.481 e. The Kier molecular flexibility index (Phi) is 3.97. The Bertz CT molecular complexity index is 502. The number of carboxylic acids is 1. The molecule has 0 spiro atoms. The molecule has 5 heteroatoms. The molecule has 1 aliphatic carbocycles. The van der Waals surface area contributed by atoms with Gasteiger partial charge < -0.3 is 10.4 Å². The van der Waals surface area contributed by atoms with Crippen molar-refractivity contribution in [1.29, 1.82) is 0 Å². The highest BCUT2D eigenvalue weighted by molar-refractivity contribution is 5.71. The summed E-state index contributed by atoms with van der Waals surface area (Å²) in [5, 5.41) is 12.8. The summed E-state index contributed by atoms with van der Waals surface area (Å²) >= 11 is 0. The van der Waals surface area contributed by atoms with Gasteiger partial charge in [0, 0.05) is 18.4 Å². The van der Waals surface area contributed by atoms with Crippen molar-refractivity contribution in [2.45, 2.75) is 46.6 Å². The average molecular weight is 277 g/mol. The molecule has 0 saturated heterocycles. The molecule has 110 valence electrons. The van der Waals surface area contributed by atoms with Gasteiger partial charge >= 0.3 is 5.97 Å². The van der Waals surface area contributed by atoms with Crippen LogP contribution in [0.2, 0.25) is 0 Å². The molecule has 0 amide bonds. The fourth-order valence-corrected chi connectivity index (χ4v) is 3.17. The van der Waals surface area contributed by atoms with Gasteiger partial charge in [0.1, 0.15) is 5.82 Å². The molecular weight excluding hydrogens is 254 g/mol. The van der Waals surface area contributed by atoms with Crippen LogP contribution in [-0.4, -0.2) is 27.1 Å². The SMILES string of the molecule is Cc1nccnc1NC1CCC(C(=O)O)C(C)(C)C1C. The fourth-order valence-electron chi connectivity index (χ4n) is 3.17. The van der Waals surface area contributed by atoms with Gasteiger partial charge in [0.15, 0.2) is 0 Å². The van der Waals surface area contributed by atoms with E-state index < -0.39 is 5.97 Å². The number of nitrogens with one attached hydrogen (secondary N) is 1. The summed E-state index contributed by atoms with van der Waals surface area (Å²) < 4.78 is 0. The number of aromatic nitrogens is 2. The van der Waals surface area contributed by atoms with Crippen LogP contribution in [0.5, 0.6) is 0 Å². The summed E-state index contributed by atoms with van der Waals surface area (Å²) in [6, 6.07) is 0.232. The quantitative estimate of drug-likeness (QED) is 0.888. The van der Waals surface area contributed by atoms with Gasteiger partial charge in [-0.1, -0.05) is 20.8 Å². The van der Waals surface area contributed by atoms with Crippen LogP contribution in [0.25, 0.3) is 0 Å². The van der Waals surface area contributed by atoms with Gasteiger partial charge in [-0.05, 0) is 31.1 Å². The molecular formula is C15H23N3O2. The first-order chi connectivity index (χ1) is 9.34. The average Bonchev–Trinajstić information content (AvgIpc) is 2.37. The third-order valence-corrected chi connectivity index (χ3v) is 4.94. The van der Waals surface area contributed by atoms with E-state index in [1.807, 2.05) is 20.8 Å². The topological polar surface area (TPSA) is 75.1 Å². The molecule has 1 saturated carbocycles. The molecule has 1 fully saturated rings. The minimum Gasteiger partial charge on any atom is -0.481 e. The highest BCUT2D eigenvalue weighted by atomic mass is 16.4. The number of carboxylic acid groups (broad SMARTS) is 1. The van der Waals surface area contributed by atoms with Crippen LogP contribution < -0.4 is 5.32 Å². The third-order valence-electron chi connectivity index (χ3n) is 4.94. The van der Waals surface area contributed by atoms with Crippen LogP contribution in [0, 0.1) is 24.2 Å². The van der Waals surface area contributed by atoms with E-state index in [1.165, 1.54) is 0 Å². The Morgan fingerprint density at radius 1 is 1.35 bits per heavy atom. The highest BCUT2D eigenvalue weighted by Crippen LogP contribution is 2.45. The molecule has 3 atom stereocenters. The summed E-state index contributed by atoms with van der Waals surface area (Å²) in [4.78, 5) is 19.9. The number of hydrogen-bond donors (Lipinski definition) is 2. The number of aliphatic carboxylic acids is 1. The molecule has 0 bridgehead atoms. The lowest BCUT2D eigenvalue weighted by atomic mass is 9.61. The maximum Gasteiger partial charge on any atom is 0.307 e. The lowest BCUT2D eigenvalue weighted by Crippen LogP contribution is -2.48. The van der Waals surface area contributed by atoms with Crippen molar-refractivity contribution < 1.29 is 9.90 Å². The summed E-state index contributed by atoms with van der Waals surface area (Å²) in [5.74, 6) is 0.0853. The maximum absolute atomic E-state index is 11.4. The van der Waals surface area contributed by atoms with Crippen molar-refractivity contribution in [2.75, 3.05) is 5.32 Å². The van der Waals surface area contributed by atoms with Crippen LogP contribution in [0.15, 0.2) is 12.4 Å². The lowest BCUT2D eigenvalue weighted by Gasteiger charge is -2.46. The molecule has 0 radical (unpaired) electrons. The van der Waals surface area contributed by atoms with Gasteiger partial charge in [-0.15, -0.1) is 0 Å². The second kappa shape index (κ2) is 5.38. The second-order valence-electron chi connectivity index (χ2n) is 6.32. The smallest absolute Gasteiger partial charge is 0.307 e. The molecule has 1 aromatic heterocycles. The number of carbonyl (C=O) groups is 1. The van der Waals surface area contributed by atoms with Crippen molar-refractivity contribution in [3.8, 4) is 0 Å². The Morgan fingerprint density at radius 2 is 2.00 bits per heavy atom. The Balaban J connectivity index is 2.16. The van der Waals surface area contributed by atoms with Crippen LogP contribution in [-0.2, 0) is 4.79 Å². The monoisotopic (exact) mass is 277 g/mol. The Hall–Kier alpha value is -1.65. The first kappa shape index (κ1) is 14.8. The lowest BCUT2D eigenvalue weighted by molar-refractivity contribution is -0.149. The minimum absolute atomic E-state index is 0.232. The van der Waals surface area contributed by atoms with Crippen LogP contribution in [0.3, 0.4) is 0 Å². The zero-order valence-corrected chi connectivity index (χ0v) is 12.6. The van der Waals surface area contributed by atoms with Gasteiger partial charge in [-0.3, -0.25) is 9.78 Å². The zero-order valence-electron chi connectivity index (χ0n) is 12.6. The number of aryl methyl sites for hydroxylation is 1. The maximum atomic E-state index is 11.4. The van der Waals surface area contributed by atoms with E-state index >= 15 is 0 Å². The highest BCUT2D eigenvalue weighted by Gasteiger charge is 2.46. The van der Waals surface area contributed by atoms with Crippen molar-refractivity contribution in [3.63, 3.8) is 0 Å². The van der Waals surface area contributed by atoms with Gasteiger partial charge in [0.25, 0.3) is 0 Å². The molecule has 2 N–H and O–H groups in total. The van der Waals surface area contributed by atoms with E-state index in [2.05, 4.69) is 22.2 Å². The van der Waals surface area contributed by atoms with Gasteiger partial charge in [-0.2, -0.15) is 0 Å². The van der Waals surface area contributed by atoms with Gasteiger partial charge in [0.05, 0.1) is 11.6 Å². The van der Waals surface area contributed by atoms with E-state index in [1.54, 1.807) is 12.4 Å². The standard InChI is InChI=1S/C15H23N3O2/c1-9-12(18-13-10(2)16-7-8-17-13)6-5-11(14(19)20)15(9,3)4/h7-9,11-12H,5-6H2,1-4H3,(H,17,18)(H,19,20). The number of hydrogen-bond acceptors (Lipinski definition) is 4. The predicted molar refractivity (Wildman–Crippen MR) is 77.5 cm³/mol. The van der Waals surface area contributed by atoms with Gasteiger partial charge in [0.2, 0.25) is 0 Å². The van der Waals surface area contributed by atoms with Crippen molar-refractivity contribution in [3.05, 3.63) is 18.1 Å². The van der Waals surface area contributed by atoms with Crippen LogP contribution in [0.1, 0.15) is 39.3 Å². The Morgan fingerprint density at radius 3 is 2.60 bits per heavy atom. The molecule has 5 nitrogen and oxygen atoms in total. The van der Waals surface area contributed by atoms with Crippen molar-refractivity contribution >= 4 is 11.8 Å². The van der Waals surface area contributed by atoms with E-state index in [0.717, 1.165) is 17.9 Å². The van der Waals surface area contributed by atoms with Gasteiger partial charge in [-0.25, -0.2) is 4.98 Å². The van der Waals surface area contributed by atoms with Crippen molar-refractivity contribution in [1.82, 2.24) is 9.97 Å². The fraction of sp³-hybridized carbons (Fsp3) is 0.667. The molecule has 2 rings (SSSR count). The van der Waals surface area contributed by atoms with Crippen LogP contribution >= 0.6 is 0 Å². The molecule has 0 aliphatic heterocycles. The molecule has 1 aliphatic rings. The van der Waals surface area contributed by atoms with E-state index in [4.69, 9.17) is 0 Å². The first-order valence-corrected chi connectivity index (χ1v) is 7.11. The van der Waals surface area contributed by atoms with Crippen molar-refractivity contribution in [2.24, 2.45) is 17.3 Å². The minimum atomic E-state index is -0.684. The summed E-state index contributed by atoms with van der Waals surface area (Å²) in [6.45, 7) is 8.15. The molecule has 20 heavy (non-hydrogen) atoms. The number of nitrogens with zero attached hydrogens (tertiary/aromatic N) is 2. The number of rotatable bonds is 3. The third kappa shape index (κ3) is 2.62. The number of anilines is 1. The molecule has 1 heterocycles. The summed E-state index contributed by atoms with van der Waals surface area (Å²) in [5.41, 5.74) is 0.635. The van der Waals surface area contributed by atoms with E-state index in [9.17, 15) is 9.90 Å². The van der Waals surface area contributed by atoms with E-state index in [0.29, 0.717) is 6.42 Å².